The van der Waals surface area contributed by atoms with Gasteiger partial charge in [-0.15, -0.1) is 10.2 Å². The molecule has 0 saturated carbocycles. The highest BCUT2D eigenvalue weighted by Crippen LogP contribution is 2.21. The number of aryl methyl sites for hydroxylation is 2. The molecule has 0 saturated heterocycles. The van der Waals surface area contributed by atoms with E-state index in [1.165, 1.54) is 22.9 Å². The topological polar surface area (TPSA) is 69.0 Å². The minimum Gasteiger partial charge on any atom is -0.486 e. The van der Waals surface area contributed by atoms with Gasteiger partial charge in [0.25, 0.3) is 0 Å². The maximum absolute atomic E-state index is 12.2. The van der Waals surface area contributed by atoms with Gasteiger partial charge in [-0.3, -0.25) is 4.79 Å². The second-order valence-electron chi connectivity index (χ2n) is 6.52. The van der Waals surface area contributed by atoms with Crippen molar-refractivity contribution < 1.29 is 9.53 Å². The maximum Gasteiger partial charge on any atom is 0.234 e. The normalized spacial score (nSPS) is 10.8. The van der Waals surface area contributed by atoms with Crippen LogP contribution in [0.2, 0.25) is 0 Å². The Kier molecular flexibility index (Phi) is 7.33. The van der Waals surface area contributed by atoms with E-state index in [-0.39, 0.29) is 11.7 Å². The maximum atomic E-state index is 12.2. The quantitative estimate of drug-likeness (QED) is 0.465. The fourth-order valence-corrected chi connectivity index (χ4v) is 3.75. The molecule has 0 unspecified atom stereocenters. The largest absolute Gasteiger partial charge is 0.486 e. The minimum atomic E-state index is -0.0871. The summed E-state index contributed by atoms with van der Waals surface area (Å²) in [4.78, 5) is 12.2. The average molecular weight is 475 g/mol. The van der Waals surface area contributed by atoms with Crippen LogP contribution < -0.4 is 10.1 Å². The van der Waals surface area contributed by atoms with Crippen LogP contribution in [0.1, 0.15) is 23.9 Å². The van der Waals surface area contributed by atoms with E-state index >= 15 is 0 Å². The van der Waals surface area contributed by atoms with Gasteiger partial charge in [-0.2, -0.15) is 0 Å². The fourth-order valence-electron chi connectivity index (χ4n) is 2.66. The Bertz CT molecular complexity index is 989. The van der Waals surface area contributed by atoms with Crippen molar-refractivity contribution in [3.05, 3.63) is 63.9 Å². The lowest BCUT2D eigenvalue weighted by atomic mass is 10.1. The van der Waals surface area contributed by atoms with Gasteiger partial charge in [0, 0.05) is 16.7 Å². The molecule has 0 bridgehead atoms. The Morgan fingerprint density at radius 2 is 1.90 bits per heavy atom. The van der Waals surface area contributed by atoms with E-state index in [9.17, 15) is 4.79 Å². The van der Waals surface area contributed by atoms with Crippen molar-refractivity contribution in [2.24, 2.45) is 0 Å². The number of nitrogens with one attached hydrogen (secondary N) is 1. The van der Waals surface area contributed by atoms with Crippen LogP contribution in [0.4, 0.5) is 5.69 Å². The summed E-state index contributed by atoms with van der Waals surface area (Å²) < 4.78 is 8.82. The lowest BCUT2D eigenvalue weighted by molar-refractivity contribution is -0.113. The number of amides is 1. The first kappa shape index (κ1) is 21.4. The van der Waals surface area contributed by atoms with E-state index in [1.54, 1.807) is 0 Å². The molecule has 0 spiro atoms. The number of rotatable bonds is 8. The van der Waals surface area contributed by atoms with E-state index in [4.69, 9.17) is 4.74 Å². The molecule has 6 nitrogen and oxygen atoms in total. The first-order valence-electron chi connectivity index (χ1n) is 9.26. The van der Waals surface area contributed by atoms with Crippen molar-refractivity contribution in [1.29, 1.82) is 0 Å². The third-order valence-corrected chi connectivity index (χ3v) is 5.91. The molecule has 0 aliphatic heterocycles. The fraction of sp³-hybridized carbons (Fsp3) is 0.286. The van der Waals surface area contributed by atoms with Crippen molar-refractivity contribution in [3.63, 3.8) is 0 Å². The number of thioether (sulfide) groups is 1. The van der Waals surface area contributed by atoms with E-state index in [0.717, 1.165) is 21.7 Å². The zero-order valence-electron chi connectivity index (χ0n) is 16.6. The Morgan fingerprint density at radius 1 is 1.14 bits per heavy atom. The molecule has 1 aromatic heterocycles. The number of benzene rings is 2. The number of halogens is 1. The summed E-state index contributed by atoms with van der Waals surface area (Å²) in [6.45, 7) is 7.19. The predicted octanol–water partition coefficient (Wildman–Crippen LogP) is 4.99. The number of nitrogens with zero attached hydrogens (tertiary/aromatic N) is 3. The van der Waals surface area contributed by atoms with Crippen LogP contribution in [0, 0.1) is 13.8 Å². The van der Waals surface area contributed by atoms with Crippen LogP contribution >= 0.6 is 27.7 Å². The lowest BCUT2D eigenvalue weighted by Gasteiger charge is -2.10. The number of hydrogen-bond acceptors (Lipinski definition) is 5. The first-order chi connectivity index (χ1) is 14.0. The van der Waals surface area contributed by atoms with E-state index in [2.05, 4.69) is 45.3 Å². The summed E-state index contributed by atoms with van der Waals surface area (Å²) in [5.41, 5.74) is 3.18. The molecule has 0 atom stereocenters. The molecule has 152 valence electrons. The molecular weight excluding hydrogens is 452 g/mol. The molecule has 29 heavy (non-hydrogen) atoms. The number of anilines is 1. The summed E-state index contributed by atoms with van der Waals surface area (Å²) in [6, 6.07) is 13.5. The summed E-state index contributed by atoms with van der Waals surface area (Å²) >= 11 is 4.74. The molecule has 2 aromatic carbocycles. The standard InChI is InChI=1S/C21H23BrN4O2S/c1-4-26-19(12-28-18-10-5-14(2)15(3)11-18)24-25-21(26)29-13-20(27)23-17-8-6-16(22)7-9-17/h5-11H,4,12-13H2,1-3H3,(H,23,27). The Hall–Kier alpha value is -2.32. The number of ether oxygens (including phenoxy) is 1. The van der Waals surface area contributed by atoms with Crippen LogP contribution in [0.25, 0.3) is 0 Å². The Morgan fingerprint density at radius 3 is 2.59 bits per heavy atom. The van der Waals surface area contributed by atoms with Crippen LogP contribution in [0.5, 0.6) is 5.75 Å². The van der Waals surface area contributed by atoms with Crippen LogP contribution in [-0.2, 0) is 17.9 Å². The molecule has 0 radical (unpaired) electrons. The van der Waals surface area contributed by atoms with Gasteiger partial charge in [-0.25, -0.2) is 0 Å². The monoisotopic (exact) mass is 474 g/mol. The molecule has 1 amide bonds. The smallest absolute Gasteiger partial charge is 0.234 e. The van der Waals surface area contributed by atoms with Gasteiger partial charge in [0.15, 0.2) is 11.0 Å². The highest BCUT2D eigenvalue weighted by molar-refractivity contribution is 9.10. The number of carbonyl (C=O) groups excluding carboxylic acids is 1. The predicted molar refractivity (Wildman–Crippen MR) is 119 cm³/mol. The van der Waals surface area contributed by atoms with Gasteiger partial charge in [-0.1, -0.05) is 33.8 Å². The zero-order valence-corrected chi connectivity index (χ0v) is 19.0. The Balaban J connectivity index is 1.57. The van der Waals surface area contributed by atoms with Gasteiger partial charge < -0.3 is 14.6 Å². The summed E-state index contributed by atoms with van der Waals surface area (Å²) in [6.07, 6.45) is 0. The minimum absolute atomic E-state index is 0.0871. The number of carbonyl (C=O) groups is 1. The van der Waals surface area contributed by atoms with E-state index in [1.807, 2.05) is 54.0 Å². The highest BCUT2D eigenvalue weighted by Gasteiger charge is 2.14. The van der Waals surface area contributed by atoms with Gasteiger partial charge >= 0.3 is 0 Å². The molecule has 0 fully saturated rings. The third-order valence-electron chi connectivity index (χ3n) is 4.42. The second kappa shape index (κ2) is 9.93. The number of hydrogen-bond donors (Lipinski definition) is 1. The van der Waals surface area contributed by atoms with Gasteiger partial charge in [0.2, 0.25) is 5.91 Å². The van der Waals surface area contributed by atoms with Gasteiger partial charge in [-0.05, 0) is 68.3 Å². The molecule has 8 heteroatoms. The lowest BCUT2D eigenvalue weighted by Crippen LogP contribution is -2.14. The van der Waals surface area contributed by atoms with Crippen LogP contribution in [0.3, 0.4) is 0 Å². The molecule has 1 N–H and O–H groups in total. The second-order valence-corrected chi connectivity index (χ2v) is 8.38. The Labute approximate surface area is 183 Å². The highest BCUT2D eigenvalue weighted by atomic mass is 79.9. The molecule has 0 aliphatic rings. The third kappa shape index (κ3) is 5.83. The van der Waals surface area contributed by atoms with Crippen molar-refractivity contribution in [3.8, 4) is 5.75 Å². The molecular formula is C21H23BrN4O2S. The summed E-state index contributed by atoms with van der Waals surface area (Å²) in [5, 5.41) is 12.1. The van der Waals surface area contributed by atoms with Gasteiger partial charge in [0.05, 0.1) is 5.75 Å². The van der Waals surface area contributed by atoms with Crippen molar-refractivity contribution in [2.45, 2.75) is 39.1 Å². The van der Waals surface area contributed by atoms with E-state index < -0.39 is 0 Å². The first-order valence-corrected chi connectivity index (χ1v) is 11.0. The molecule has 0 aliphatic carbocycles. The van der Waals surface area contributed by atoms with Crippen LogP contribution in [-0.4, -0.2) is 26.4 Å². The SMILES string of the molecule is CCn1c(COc2ccc(C)c(C)c2)nnc1SCC(=O)Nc1ccc(Br)cc1. The number of aromatic nitrogens is 3. The van der Waals surface area contributed by atoms with Crippen molar-refractivity contribution >= 4 is 39.3 Å². The molecule has 3 rings (SSSR count). The average Bonchev–Trinajstić information content (AvgIpc) is 3.11. The van der Waals surface area contributed by atoms with Gasteiger partial charge in [0.1, 0.15) is 12.4 Å². The summed E-state index contributed by atoms with van der Waals surface area (Å²) in [7, 11) is 0. The van der Waals surface area contributed by atoms with E-state index in [0.29, 0.717) is 18.3 Å². The van der Waals surface area contributed by atoms with Crippen molar-refractivity contribution in [2.75, 3.05) is 11.1 Å². The zero-order chi connectivity index (χ0) is 20.8. The molecule has 1 heterocycles. The van der Waals surface area contributed by atoms with Crippen molar-refractivity contribution in [1.82, 2.24) is 14.8 Å². The molecule has 3 aromatic rings. The summed E-state index contributed by atoms with van der Waals surface area (Å²) in [5.74, 6) is 1.71. The van der Waals surface area contributed by atoms with Crippen LogP contribution in [0.15, 0.2) is 52.1 Å².